The number of carbonyl (C=O) groups excluding carboxylic acids is 1. The fourth-order valence-corrected chi connectivity index (χ4v) is 1.91. The number of carboxylic acid groups (broad SMARTS) is 1. The highest BCUT2D eigenvalue weighted by Gasteiger charge is 2.09. The predicted molar refractivity (Wildman–Crippen MR) is 80.4 cm³/mol. The first-order valence-corrected chi connectivity index (χ1v) is 7.15. The molecule has 1 amide bonds. The van der Waals surface area contributed by atoms with Crippen LogP contribution in [0.2, 0.25) is 0 Å². The molecule has 5 nitrogen and oxygen atoms in total. The van der Waals surface area contributed by atoms with Gasteiger partial charge in [-0.2, -0.15) is 0 Å². The van der Waals surface area contributed by atoms with Crippen molar-refractivity contribution in [3.05, 3.63) is 29.8 Å². The summed E-state index contributed by atoms with van der Waals surface area (Å²) < 4.78 is 5.63. The van der Waals surface area contributed by atoms with E-state index in [2.05, 4.69) is 0 Å². The van der Waals surface area contributed by atoms with Crippen molar-refractivity contribution in [3.63, 3.8) is 0 Å². The Kier molecular flexibility index (Phi) is 7.29. The fourth-order valence-electron chi connectivity index (χ4n) is 1.91. The lowest BCUT2D eigenvalue weighted by atomic mass is 10.2. The Balaban J connectivity index is 2.18. The number of hydrogen-bond donors (Lipinski definition) is 1. The minimum atomic E-state index is -0.831. The van der Waals surface area contributed by atoms with Crippen LogP contribution in [0.25, 0.3) is 0 Å². The maximum Gasteiger partial charge on any atom is 0.303 e. The molecule has 0 heterocycles. The zero-order valence-electron chi connectivity index (χ0n) is 12.7. The Bertz CT molecular complexity index is 473. The molecule has 116 valence electrons. The zero-order valence-corrected chi connectivity index (χ0v) is 12.7. The average molecular weight is 293 g/mol. The van der Waals surface area contributed by atoms with Crippen molar-refractivity contribution < 1.29 is 19.4 Å². The molecule has 0 atom stereocenters. The number of rotatable bonds is 9. The lowest BCUT2D eigenvalue weighted by Crippen LogP contribution is -2.28. The monoisotopic (exact) mass is 293 g/mol. The summed E-state index contributed by atoms with van der Waals surface area (Å²) in [5, 5.41) is 8.55. The third kappa shape index (κ3) is 6.79. The molecule has 0 aliphatic carbocycles. The van der Waals surface area contributed by atoms with Crippen molar-refractivity contribution in [2.45, 2.75) is 32.6 Å². The van der Waals surface area contributed by atoms with E-state index < -0.39 is 5.97 Å². The average Bonchev–Trinajstić information content (AvgIpc) is 2.44. The summed E-state index contributed by atoms with van der Waals surface area (Å²) in [6.07, 6.45) is 1.64. The number of para-hydroxylation sites is 1. The number of carboxylic acids is 1. The second kappa shape index (κ2) is 9.00. The summed E-state index contributed by atoms with van der Waals surface area (Å²) in [4.78, 5) is 23.8. The van der Waals surface area contributed by atoms with Gasteiger partial charge >= 0.3 is 5.97 Å². The van der Waals surface area contributed by atoms with Gasteiger partial charge in [0.15, 0.2) is 0 Å². The van der Waals surface area contributed by atoms with E-state index in [1.54, 1.807) is 11.9 Å². The molecule has 0 fully saturated rings. The second-order valence-corrected chi connectivity index (χ2v) is 5.03. The zero-order chi connectivity index (χ0) is 15.7. The predicted octanol–water partition coefficient (Wildman–Crippen LogP) is 2.48. The number of aliphatic carboxylic acids is 1. The van der Waals surface area contributed by atoms with Crippen molar-refractivity contribution in [2.24, 2.45) is 0 Å². The highest BCUT2D eigenvalue weighted by molar-refractivity contribution is 5.75. The van der Waals surface area contributed by atoms with Gasteiger partial charge in [0.1, 0.15) is 5.75 Å². The SMILES string of the molecule is Cc1ccccc1OCCCC(=O)N(C)CCCC(=O)O. The summed E-state index contributed by atoms with van der Waals surface area (Å²) in [7, 11) is 1.70. The van der Waals surface area contributed by atoms with Gasteiger partial charge in [0.05, 0.1) is 6.61 Å². The molecule has 0 aliphatic heterocycles. The molecule has 0 aromatic heterocycles. The summed E-state index contributed by atoms with van der Waals surface area (Å²) in [5.74, 6) is 0.0380. The van der Waals surface area contributed by atoms with Gasteiger partial charge < -0.3 is 14.7 Å². The van der Waals surface area contributed by atoms with Crippen molar-refractivity contribution in [1.82, 2.24) is 4.90 Å². The van der Waals surface area contributed by atoms with Gasteiger partial charge in [0.2, 0.25) is 5.91 Å². The summed E-state index contributed by atoms with van der Waals surface area (Å²) >= 11 is 0. The van der Waals surface area contributed by atoms with Crippen LogP contribution in [0.1, 0.15) is 31.2 Å². The molecule has 1 rings (SSSR count). The van der Waals surface area contributed by atoms with Crippen molar-refractivity contribution in [2.75, 3.05) is 20.2 Å². The first-order valence-electron chi connectivity index (χ1n) is 7.15. The minimum absolute atomic E-state index is 0.0220. The van der Waals surface area contributed by atoms with Crippen molar-refractivity contribution in [1.29, 1.82) is 0 Å². The number of carbonyl (C=O) groups is 2. The van der Waals surface area contributed by atoms with Crippen LogP contribution in [0.5, 0.6) is 5.75 Å². The Morgan fingerprint density at radius 3 is 2.57 bits per heavy atom. The van der Waals surface area contributed by atoms with Crippen LogP contribution in [0, 0.1) is 6.92 Å². The van der Waals surface area contributed by atoms with Crippen LogP contribution < -0.4 is 4.74 Å². The molecule has 0 bridgehead atoms. The van der Waals surface area contributed by atoms with Crippen LogP contribution in [-0.4, -0.2) is 42.1 Å². The van der Waals surface area contributed by atoms with Gasteiger partial charge in [-0.25, -0.2) is 0 Å². The van der Waals surface area contributed by atoms with E-state index in [4.69, 9.17) is 9.84 Å². The Hall–Kier alpha value is -2.04. The quantitative estimate of drug-likeness (QED) is 0.710. The van der Waals surface area contributed by atoms with E-state index in [9.17, 15) is 9.59 Å². The topological polar surface area (TPSA) is 66.8 Å². The van der Waals surface area contributed by atoms with Gasteiger partial charge in [0, 0.05) is 26.4 Å². The molecule has 0 saturated heterocycles. The lowest BCUT2D eigenvalue weighted by Gasteiger charge is -2.16. The molecule has 1 N–H and O–H groups in total. The highest BCUT2D eigenvalue weighted by Crippen LogP contribution is 2.16. The van der Waals surface area contributed by atoms with Gasteiger partial charge in [-0.05, 0) is 31.4 Å². The van der Waals surface area contributed by atoms with E-state index in [1.807, 2.05) is 31.2 Å². The molecule has 0 saturated carbocycles. The molecular weight excluding hydrogens is 270 g/mol. The number of amides is 1. The number of nitrogens with zero attached hydrogens (tertiary/aromatic N) is 1. The van der Waals surface area contributed by atoms with E-state index in [-0.39, 0.29) is 12.3 Å². The number of ether oxygens (including phenoxy) is 1. The third-order valence-corrected chi connectivity index (χ3v) is 3.20. The number of hydrogen-bond acceptors (Lipinski definition) is 3. The number of aryl methyl sites for hydroxylation is 1. The van der Waals surface area contributed by atoms with E-state index in [0.29, 0.717) is 32.4 Å². The maximum absolute atomic E-state index is 11.8. The Labute approximate surface area is 125 Å². The first-order chi connectivity index (χ1) is 10.0. The van der Waals surface area contributed by atoms with Gasteiger partial charge in [-0.3, -0.25) is 9.59 Å². The number of benzene rings is 1. The second-order valence-electron chi connectivity index (χ2n) is 5.03. The first kappa shape index (κ1) is 17.0. The molecule has 21 heavy (non-hydrogen) atoms. The standard InChI is InChI=1S/C16H23NO4/c1-13-7-3-4-8-14(13)21-12-6-9-15(18)17(2)11-5-10-16(19)20/h3-4,7-8H,5-6,9-12H2,1-2H3,(H,19,20). The van der Waals surface area contributed by atoms with Crippen LogP contribution in [-0.2, 0) is 9.59 Å². The molecule has 0 aliphatic rings. The largest absolute Gasteiger partial charge is 0.493 e. The fraction of sp³-hybridized carbons (Fsp3) is 0.500. The Morgan fingerprint density at radius 1 is 1.19 bits per heavy atom. The molecule has 0 radical (unpaired) electrons. The van der Waals surface area contributed by atoms with E-state index in [0.717, 1.165) is 11.3 Å². The Morgan fingerprint density at radius 2 is 1.90 bits per heavy atom. The summed E-state index contributed by atoms with van der Waals surface area (Å²) in [6.45, 7) is 2.96. The highest BCUT2D eigenvalue weighted by atomic mass is 16.5. The van der Waals surface area contributed by atoms with Crippen LogP contribution in [0.3, 0.4) is 0 Å². The summed E-state index contributed by atoms with van der Waals surface area (Å²) in [6, 6.07) is 7.77. The van der Waals surface area contributed by atoms with Crippen LogP contribution in [0.4, 0.5) is 0 Å². The van der Waals surface area contributed by atoms with Gasteiger partial charge in [-0.1, -0.05) is 18.2 Å². The molecule has 0 unspecified atom stereocenters. The van der Waals surface area contributed by atoms with E-state index >= 15 is 0 Å². The van der Waals surface area contributed by atoms with Crippen molar-refractivity contribution in [3.8, 4) is 5.75 Å². The van der Waals surface area contributed by atoms with Crippen molar-refractivity contribution >= 4 is 11.9 Å². The molecule has 5 heteroatoms. The normalized spacial score (nSPS) is 10.2. The lowest BCUT2D eigenvalue weighted by molar-refractivity contribution is -0.138. The summed E-state index contributed by atoms with van der Waals surface area (Å²) in [5.41, 5.74) is 1.08. The van der Waals surface area contributed by atoms with Crippen LogP contribution >= 0.6 is 0 Å². The van der Waals surface area contributed by atoms with E-state index in [1.165, 1.54) is 0 Å². The molecule has 1 aromatic carbocycles. The molecular formula is C16H23NO4. The minimum Gasteiger partial charge on any atom is -0.493 e. The smallest absolute Gasteiger partial charge is 0.303 e. The van der Waals surface area contributed by atoms with Gasteiger partial charge in [0.25, 0.3) is 0 Å². The molecule has 1 aromatic rings. The van der Waals surface area contributed by atoms with Gasteiger partial charge in [-0.15, -0.1) is 0 Å². The third-order valence-electron chi connectivity index (χ3n) is 3.20. The maximum atomic E-state index is 11.8. The molecule has 0 spiro atoms. The van der Waals surface area contributed by atoms with Crippen LogP contribution in [0.15, 0.2) is 24.3 Å².